The Morgan fingerprint density at radius 3 is 1.81 bits per heavy atom. The van der Waals surface area contributed by atoms with Crippen molar-refractivity contribution in [2.45, 2.75) is 22.3 Å². The van der Waals surface area contributed by atoms with E-state index in [4.69, 9.17) is 0 Å². The van der Waals surface area contributed by atoms with Gasteiger partial charge in [0.25, 0.3) is 0 Å². The Balaban J connectivity index is 1.66. The van der Waals surface area contributed by atoms with Gasteiger partial charge < -0.3 is 5.11 Å². The van der Waals surface area contributed by atoms with Crippen LogP contribution in [-0.2, 0) is 0 Å². The summed E-state index contributed by atoms with van der Waals surface area (Å²) >= 11 is 10.3. The SMILES string of the molecule is OC(CCSc1ccc(Br)cc1)CSc1ccc(Br)cc1. The van der Waals surface area contributed by atoms with Gasteiger partial charge in [0.1, 0.15) is 0 Å². The van der Waals surface area contributed by atoms with Gasteiger partial charge >= 0.3 is 0 Å². The summed E-state index contributed by atoms with van der Waals surface area (Å²) in [5, 5.41) is 10.0. The Hall–Kier alpha value is 0.0600. The van der Waals surface area contributed by atoms with Crippen LogP contribution in [0.15, 0.2) is 67.3 Å². The topological polar surface area (TPSA) is 20.2 Å². The fourth-order valence-electron chi connectivity index (χ4n) is 1.65. The molecule has 0 radical (unpaired) electrons. The van der Waals surface area contributed by atoms with Crippen molar-refractivity contribution in [3.05, 3.63) is 57.5 Å². The molecule has 0 saturated carbocycles. The molecule has 0 spiro atoms. The molecule has 5 heteroatoms. The van der Waals surface area contributed by atoms with Crippen LogP contribution in [0.4, 0.5) is 0 Å². The minimum Gasteiger partial charge on any atom is -0.392 e. The third kappa shape index (κ3) is 6.78. The molecule has 0 amide bonds. The van der Waals surface area contributed by atoms with Crippen LogP contribution in [0.1, 0.15) is 6.42 Å². The number of aliphatic hydroxyl groups excluding tert-OH is 1. The molecule has 0 saturated heterocycles. The van der Waals surface area contributed by atoms with Gasteiger partial charge in [-0.25, -0.2) is 0 Å². The molecule has 0 aromatic heterocycles. The normalized spacial score (nSPS) is 12.3. The maximum Gasteiger partial charge on any atom is 0.0642 e. The summed E-state index contributed by atoms with van der Waals surface area (Å²) in [4.78, 5) is 2.43. The molecule has 0 bridgehead atoms. The maximum atomic E-state index is 10.0. The Morgan fingerprint density at radius 2 is 1.29 bits per heavy atom. The van der Waals surface area contributed by atoms with Gasteiger partial charge in [0.05, 0.1) is 6.10 Å². The fraction of sp³-hybridized carbons (Fsp3) is 0.250. The predicted octanol–water partition coefficient (Wildman–Crippen LogP) is 5.85. The first-order valence-electron chi connectivity index (χ1n) is 6.58. The number of aliphatic hydroxyl groups is 1. The van der Waals surface area contributed by atoms with Gasteiger partial charge in [-0.3, -0.25) is 0 Å². The molecule has 1 nitrogen and oxygen atoms in total. The lowest BCUT2D eigenvalue weighted by atomic mass is 10.3. The lowest BCUT2D eigenvalue weighted by Crippen LogP contribution is -2.10. The van der Waals surface area contributed by atoms with E-state index in [-0.39, 0.29) is 6.10 Å². The summed E-state index contributed by atoms with van der Waals surface area (Å²) in [5.74, 6) is 1.67. The third-order valence-electron chi connectivity index (χ3n) is 2.79. The number of hydrogen-bond acceptors (Lipinski definition) is 3. The van der Waals surface area contributed by atoms with Crippen LogP contribution in [0, 0.1) is 0 Å². The van der Waals surface area contributed by atoms with E-state index in [2.05, 4.69) is 56.1 Å². The van der Waals surface area contributed by atoms with Crippen LogP contribution in [0.5, 0.6) is 0 Å². The summed E-state index contributed by atoms with van der Waals surface area (Å²) in [7, 11) is 0. The van der Waals surface area contributed by atoms with E-state index in [0.717, 1.165) is 26.9 Å². The van der Waals surface area contributed by atoms with Crippen LogP contribution in [0.3, 0.4) is 0 Å². The quantitative estimate of drug-likeness (QED) is 0.537. The fourth-order valence-corrected chi connectivity index (χ4v) is 4.01. The van der Waals surface area contributed by atoms with E-state index in [0.29, 0.717) is 0 Å². The molecule has 1 N–H and O–H groups in total. The van der Waals surface area contributed by atoms with Gasteiger partial charge in [0, 0.05) is 30.2 Å². The molecule has 0 heterocycles. The minimum absolute atomic E-state index is 0.262. The maximum absolute atomic E-state index is 10.0. The molecule has 1 atom stereocenters. The Labute approximate surface area is 151 Å². The lowest BCUT2D eigenvalue weighted by Gasteiger charge is -2.10. The Bertz CT molecular complexity index is 543. The van der Waals surface area contributed by atoms with Crippen molar-refractivity contribution in [3.8, 4) is 0 Å². The van der Waals surface area contributed by atoms with Crippen molar-refractivity contribution in [1.82, 2.24) is 0 Å². The Kier molecular flexibility index (Phi) is 7.68. The van der Waals surface area contributed by atoms with Gasteiger partial charge in [-0.05, 0) is 55.0 Å². The highest BCUT2D eigenvalue weighted by atomic mass is 79.9. The van der Waals surface area contributed by atoms with Crippen molar-refractivity contribution in [1.29, 1.82) is 0 Å². The summed E-state index contributed by atoms with van der Waals surface area (Å²) in [6.07, 6.45) is 0.547. The molecule has 0 aliphatic heterocycles. The van der Waals surface area contributed by atoms with Crippen LogP contribution < -0.4 is 0 Å². The van der Waals surface area contributed by atoms with E-state index in [9.17, 15) is 5.11 Å². The minimum atomic E-state index is -0.262. The molecular weight excluding hydrogens is 432 g/mol. The van der Waals surface area contributed by atoms with E-state index >= 15 is 0 Å². The molecule has 1 unspecified atom stereocenters. The van der Waals surface area contributed by atoms with E-state index in [1.54, 1.807) is 23.5 Å². The molecule has 2 rings (SSSR count). The first-order chi connectivity index (χ1) is 10.1. The summed E-state index contributed by atoms with van der Waals surface area (Å²) in [6.45, 7) is 0. The molecule has 2 aromatic carbocycles. The van der Waals surface area contributed by atoms with Crippen LogP contribution in [0.25, 0.3) is 0 Å². The molecule has 0 aliphatic carbocycles. The number of rotatable bonds is 7. The second-order valence-electron chi connectivity index (χ2n) is 4.51. The standard InChI is InChI=1S/C16H16Br2OS2/c17-12-1-5-15(6-2-12)20-10-9-14(19)11-21-16-7-3-13(18)4-8-16/h1-8,14,19H,9-11H2. The van der Waals surface area contributed by atoms with E-state index < -0.39 is 0 Å². The second-order valence-corrected chi connectivity index (χ2v) is 8.60. The summed E-state index contributed by atoms with van der Waals surface area (Å²) in [6, 6.07) is 16.5. The highest BCUT2D eigenvalue weighted by Gasteiger charge is 2.06. The van der Waals surface area contributed by atoms with Crippen LogP contribution in [-0.4, -0.2) is 22.7 Å². The lowest BCUT2D eigenvalue weighted by molar-refractivity contribution is 0.197. The Morgan fingerprint density at radius 1 is 0.810 bits per heavy atom. The molecule has 21 heavy (non-hydrogen) atoms. The number of thioether (sulfide) groups is 2. The average Bonchev–Trinajstić information content (AvgIpc) is 2.49. The largest absolute Gasteiger partial charge is 0.392 e. The molecule has 112 valence electrons. The van der Waals surface area contributed by atoms with E-state index in [1.165, 1.54) is 9.79 Å². The first-order valence-corrected chi connectivity index (χ1v) is 10.1. The van der Waals surface area contributed by atoms with Crippen LogP contribution in [0.2, 0.25) is 0 Å². The van der Waals surface area contributed by atoms with Gasteiger partial charge in [-0.1, -0.05) is 31.9 Å². The third-order valence-corrected chi connectivity index (χ3v) is 6.05. The van der Waals surface area contributed by atoms with Gasteiger partial charge in [0.2, 0.25) is 0 Å². The second kappa shape index (κ2) is 9.26. The van der Waals surface area contributed by atoms with Crippen LogP contribution >= 0.6 is 55.4 Å². The van der Waals surface area contributed by atoms with Gasteiger partial charge in [-0.2, -0.15) is 0 Å². The van der Waals surface area contributed by atoms with Gasteiger partial charge in [-0.15, -0.1) is 23.5 Å². The van der Waals surface area contributed by atoms with Crippen molar-refractivity contribution < 1.29 is 5.11 Å². The van der Waals surface area contributed by atoms with Crippen molar-refractivity contribution >= 4 is 55.4 Å². The number of hydrogen-bond donors (Lipinski definition) is 1. The zero-order valence-corrected chi connectivity index (χ0v) is 16.1. The summed E-state index contributed by atoms with van der Waals surface area (Å²) < 4.78 is 2.18. The van der Waals surface area contributed by atoms with Crippen molar-refractivity contribution in [2.75, 3.05) is 11.5 Å². The highest BCUT2D eigenvalue weighted by Crippen LogP contribution is 2.24. The summed E-state index contributed by atoms with van der Waals surface area (Å²) in [5.41, 5.74) is 0. The van der Waals surface area contributed by atoms with Crippen molar-refractivity contribution in [2.24, 2.45) is 0 Å². The molecule has 0 fully saturated rings. The van der Waals surface area contributed by atoms with Crippen molar-refractivity contribution in [3.63, 3.8) is 0 Å². The number of halogens is 2. The monoisotopic (exact) mass is 446 g/mol. The first kappa shape index (κ1) is 17.4. The smallest absolute Gasteiger partial charge is 0.0642 e. The predicted molar refractivity (Wildman–Crippen MR) is 100 cm³/mol. The zero-order valence-electron chi connectivity index (χ0n) is 11.3. The number of benzene rings is 2. The highest BCUT2D eigenvalue weighted by molar-refractivity contribution is 9.10. The molecular formula is C16H16Br2OS2. The zero-order chi connectivity index (χ0) is 15.1. The van der Waals surface area contributed by atoms with Gasteiger partial charge in [0.15, 0.2) is 0 Å². The van der Waals surface area contributed by atoms with E-state index in [1.807, 2.05) is 24.3 Å². The molecule has 0 aliphatic rings. The average molecular weight is 448 g/mol. The molecule has 2 aromatic rings.